The van der Waals surface area contributed by atoms with Gasteiger partial charge in [-0.3, -0.25) is 4.98 Å². The molecule has 0 saturated carbocycles. The van der Waals surface area contributed by atoms with E-state index in [1.54, 1.807) is 6.20 Å². The summed E-state index contributed by atoms with van der Waals surface area (Å²) in [5.41, 5.74) is 1.78. The molecule has 19 heavy (non-hydrogen) atoms. The fourth-order valence-electron chi connectivity index (χ4n) is 2.13. The summed E-state index contributed by atoms with van der Waals surface area (Å²) in [6.07, 6.45) is 3.42. The maximum atomic E-state index is 9.19. The number of anilines is 1. The summed E-state index contributed by atoms with van der Waals surface area (Å²) in [7, 11) is 0. The Hall–Kier alpha value is -1.32. The molecule has 0 fully saturated rings. The number of rotatable bonds is 5. The first-order valence-electron chi connectivity index (χ1n) is 6.51. The summed E-state index contributed by atoms with van der Waals surface area (Å²) in [4.78, 5) is 4.33. The fourth-order valence-corrected chi connectivity index (χ4v) is 2.30. The minimum Gasteiger partial charge on any atom is -0.396 e. The van der Waals surface area contributed by atoms with Crippen LogP contribution in [0.4, 0.5) is 5.69 Å². The van der Waals surface area contributed by atoms with Crippen molar-refractivity contribution < 1.29 is 5.11 Å². The molecule has 0 aliphatic rings. The third-order valence-electron chi connectivity index (χ3n) is 3.59. The number of aliphatic hydroxyl groups is 1. The van der Waals surface area contributed by atoms with Crippen LogP contribution in [0.1, 0.15) is 26.7 Å². The Labute approximate surface area is 118 Å². The van der Waals surface area contributed by atoms with Gasteiger partial charge in [0.25, 0.3) is 0 Å². The summed E-state index contributed by atoms with van der Waals surface area (Å²) >= 11 is 5.99. The lowest BCUT2D eigenvalue weighted by Crippen LogP contribution is -2.35. The van der Waals surface area contributed by atoms with E-state index in [9.17, 15) is 5.11 Å². The second-order valence-corrected chi connectivity index (χ2v) is 5.47. The molecular formula is C15H19ClN2O. The molecule has 0 bridgehead atoms. The van der Waals surface area contributed by atoms with Gasteiger partial charge in [-0.05, 0) is 44.0 Å². The van der Waals surface area contributed by atoms with E-state index in [1.807, 2.05) is 24.3 Å². The van der Waals surface area contributed by atoms with Crippen LogP contribution >= 0.6 is 11.6 Å². The first-order valence-corrected chi connectivity index (χ1v) is 6.89. The van der Waals surface area contributed by atoms with Gasteiger partial charge in [-0.2, -0.15) is 0 Å². The van der Waals surface area contributed by atoms with E-state index in [4.69, 9.17) is 11.6 Å². The van der Waals surface area contributed by atoms with E-state index in [0.29, 0.717) is 11.4 Å². The normalized spacial score (nSPS) is 14.3. The lowest BCUT2D eigenvalue weighted by atomic mass is 9.94. The Balaban J connectivity index is 2.40. The predicted molar refractivity (Wildman–Crippen MR) is 80.8 cm³/mol. The Kier molecular flexibility index (Phi) is 4.27. The summed E-state index contributed by atoms with van der Waals surface area (Å²) in [6.45, 7) is 4.40. The number of nitrogens with one attached hydrogen (secondary N) is 1. The topological polar surface area (TPSA) is 45.1 Å². The first-order chi connectivity index (χ1) is 9.08. The summed E-state index contributed by atoms with van der Waals surface area (Å²) < 4.78 is 0. The molecule has 2 aromatic rings. The number of halogens is 1. The highest BCUT2D eigenvalue weighted by molar-refractivity contribution is 6.31. The van der Waals surface area contributed by atoms with Gasteiger partial charge in [-0.15, -0.1) is 0 Å². The number of pyridine rings is 1. The van der Waals surface area contributed by atoms with Crippen LogP contribution in [0, 0.1) is 0 Å². The van der Waals surface area contributed by atoms with Crippen molar-refractivity contribution in [2.45, 2.75) is 32.2 Å². The second-order valence-electron chi connectivity index (χ2n) is 5.03. The summed E-state index contributed by atoms with van der Waals surface area (Å²) in [5.74, 6) is 0. The highest BCUT2D eigenvalue weighted by Crippen LogP contribution is 2.28. The summed E-state index contributed by atoms with van der Waals surface area (Å²) in [5, 5.41) is 14.4. The van der Waals surface area contributed by atoms with E-state index in [2.05, 4.69) is 24.1 Å². The Bertz CT molecular complexity index is 573. The largest absolute Gasteiger partial charge is 0.396 e. The molecule has 0 aliphatic carbocycles. The molecule has 1 aromatic carbocycles. The minimum absolute atomic E-state index is 0.122. The molecule has 2 rings (SSSR count). The maximum Gasteiger partial charge on any atom is 0.0737 e. The van der Waals surface area contributed by atoms with Gasteiger partial charge in [-0.25, -0.2) is 0 Å². The molecule has 2 N–H and O–H groups in total. The van der Waals surface area contributed by atoms with Gasteiger partial charge in [0.05, 0.1) is 5.52 Å². The maximum absolute atomic E-state index is 9.19. The van der Waals surface area contributed by atoms with Crippen LogP contribution < -0.4 is 5.32 Å². The Morgan fingerprint density at radius 3 is 2.84 bits per heavy atom. The van der Waals surface area contributed by atoms with Gasteiger partial charge in [-0.1, -0.05) is 18.5 Å². The standard InChI is InChI=1S/C15H19ClN2O/c1-3-15(2,7-9-19)18-13-6-8-17-14-10-11(16)4-5-12(13)14/h4-6,8,10,19H,3,7,9H2,1-2H3,(H,17,18). The Morgan fingerprint density at radius 1 is 1.37 bits per heavy atom. The number of hydrogen-bond donors (Lipinski definition) is 2. The van der Waals surface area contributed by atoms with E-state index < -0.39 is 0 Å². The van der Waals surface area contributed by atoms with E-state index in [-0.39, 0.29) is 12.1 Å². The molecule has 102 valence electrons. The monoisotopic (exact) mass is 278 g/mol. The zero-order valence-electron chi connectivity index (χ0n) is 11.3. The number of hydrogen-bond acceptors (Lipinski definition) is 3. The average molecular weight is 279 g/mol. The molecule has 1 atom stereocenters. The van der Waals surface area contributed by atoms with Crippen molar-refractivity contribution >= 4 is 28.2 Å². The van der Waals surface area contributed by atoms with Gasteiger partial charge in [0.1, 0.15) is 0 Å². The second kappa shape index (κ2) is 5.76. The van der Waals surface area contributed by atoms with E-state index >= 15 is 0 Å². The van der Waals surface area contributed by atoms with Crippen LogP contribution in [0.2, 0.25) is 5.02 Å². The quantitative estimate of drug-likeness (QED) is 0.873. The lowest BCUT2D eigenvalue weighted by Gasteiger charge is -2.30. The highest BCUT2D eigenvalue weighted by atomic mass is 35.5. The average Bonchev–Trinajstić information content (AvgIpc) is 2.39. The van der Waals surface area contributed by atoms with Gasteiger partial charge >= 0.3 is 0 Å². The van der Waals surface area contributed by atoms with Gasteiger partial charge in [0.15, 0.2) is 0 Å². The van der Waals surface area contributed by atoms with Gasteiger partial charge in [0, 0.05) is 34.4 Å². The van der Waals surface area contributed by atoms with E-state index in [1.165, 1.54) is 0 Å². The molecule has 1 heterocycles. The van der Waals surface area contributed by atoms with Crippen LogP contribution in [0.25, 0.3) is 10.9 Å². The van der Waals surface area contributed by atoms with Crippen molar-refractivity contribution in [3.05, 3.63) is 35.5 Å². The number of aliphatic hydroxyl groups excluding tert-OH is 1. The smallest absolute Gasteiger partial charge is 0.0737 e. The third-order valence-corrected chi connectivity index (χ3v) is 3.82. The fraction of sp³-hybridized carbons (Fsp3) is 0.400. The zero-order valence-corrected chi connectivity index (χ0v) is 12.0. The van der Waals surface area contributed by atoms with Crippen molar-refractivity contribution in [1.29, 1.82) is 0 Å². The molecule has 0 radical (unpaired) electrons. The van der Waals surface area contributed by atoms with Crippen LogP contribution in [0.15, 0.2) is 30.5 Å². The molecule has 0 saturated heterocycles. The first kappa shape index (κ1) is 14.1. The van der Waals surface area contributed by atoms with E-state index in [0.717, 1.165) is 23.0 Å². The van der Waals surface area contributed by atoms with Crippen LogP contribution in [-0.2, 0) is 0 Å². The van der Waals surface area contributed by atoms with Crippen molar-refractivity contribution in [1.82, 2.24) is 4.98 Å². The van der Waals surface area contributed by atoms with Crippen LogP contribution in [0.5, 0.6) is 0 Å². The highest BCUT2D eigenvalue weighted by Gasteiger charge is 2.21. The number of nitrogens with zero attached hydrogens (tertiary/aromatic N) is 1. The molecular weight excluding hydrogens is 260 g/mol. The van der Waals surface area contributed by atoms with Crippen LogP contribution in [-0.4, -0.2) is 22.2 Å². The van der Waals surface area contributed by atoms with Crippen molar-refractivity contribution in [2.24, 2.45) is 0 Å². The Morgan fingerprint density at radius 2 is 2.16 bits per heavy atom. The SMILES string of the molecule is CCC(C)(CCO)Nc1ccnc2cc(Cl)ccc12. The van der Waals surface area contributed by atoms with Crippen molar-refractivity contribution in [3.8, 4) is 0 Å². The molecule has 3 nitrogen and oxygen atoms in total. The summed E-state index contributed by atoms with van der Waals surface area (Å²) in [6, 6.07) is 7.66. The number of fused-ring (bicyclic) bond motifs is 1. The van der Waals surface area contributed by atoms with Crippen molar-refractivity contribution in [3.63, 3.8) is 0 Å². The van der Waals surface area contributed by atoms with Gasteiger partial charge in [0.2, 0.25) is 0 Å². The number of aromatic nitrogens is 1. The molecule has 4 heteroatoms. The molecule has 0 spiro atoms. The number of benzene rings is 1. The van der Waals surface area contributed by atoms with Crippen LogP contribution in [0.3, 0.4) is 0 Å². The van der Waals surface area contributed by atoms with Gasteiger partial charge < -0.3 is 10.4 Å². The third kappa shape index (κ3) is 3.17. The zero-order chi connectivity index (χ0) is 13.9. The molecule has 1 aromatic heterocycles. The minimum atomic E-state index is -0.122. The lowest BCUT2D eigenvalue weighted by molar-refractivity contribution is 0.252. The molecule has 0 aliphatic heterocycles. The predicted octanol–water partition coefficient (Wildman–Crippen LogP) is 3.85. The van der Waals surface area contributed by atoms with Crippen molar-refractivity contribution in [2.75, 3.05) is 11.9 Å². The molecule has 1 unspecified atom stereocenters. The molecule has 0 amide bonds.